The van der Waals surface area contributed by atoms with Crippen molar-refractivity contribution in [2.24, 2.45) is 0 Å². The number of urea groups is 1. The van der Waals surface area contributed by atoms with Crippen LogP contribution in [0.3, 0.4) is 0 Å². The van der Waals surface area contributed by atoms with Crippen molar-refractivity contribution < 1.29 is 22.7 Å². The summed E-state index contributed by atoms with van der Waals surface area (Å²) >= 11 is 0. The van der Waals surface area contributed by atoms with Gasteiger partial charge in [0.15, 0.2) is 5.66 Å². The van der Waals surface area contributed by atoms with Crippen molar-refractivity contribution in [3.63, 3.8) is 0 Å². The van der Waals surface area contributed by atoms with Crippen LogP contribution in [-0.4, -0.2) is 51.9 Å². The Morgan fingerprint density at radius 1 is 1.10 bits per heavy atom. The van der Waals surface area contributed by atoms with E-state index in [4.69, 9.17) is 9.47 Å². The Hall–Kier alpha value is -2.78. The molecule has 0 saturated carbocycles. The van der Waals surface area contributed by atoms with Crippen LogP contribution < -0.4 is 19.5 Å². The first-order chi connectivity index (χ1) is 14.6. The van der Waals surface area contributed by atoms with E-state index < -0.39 is 15.7 Å². The minimum Gasteiger partial charge on any atom is -0.497 e. The summed E-state index contributed by atoms with van der Waals surface area (Å²) in [6, 6.07) is 14.4. The molecule has 1 fully saturated rings. The van der Waals surface area contributed by atoms with Gasteiger partial charge in [0.25, 0.3) is 0 Å². The number of hydrogen-bond acceptors (Lipinski definition) is 5. The molecule has 2 aromatic carbocycles. The number of sulfonamides is 1. The van der Waals surface area contributed by atoms with E-state index in [-0.39, 0.29) is 18.7 Å². The molecule has 1 aliphatic heterocycles. The number of hydrogen-bond donors (Lipinski definition) is 2. The Bertz CT molecular complexity index is 1010. The fraction of sp³-hybridized carbons (Fsp3) is 0.409. The highest BCUT2D eigenvalue weighted by molar-refractivity contribution is 7.88. The molecule has 9 heteroatoms. The van der Waals surface area contributed by atoms with Gasteiger partial charge in [-0.2, -0.15) is 4.72 Å². The van der Waals surface area contributed by atoms with Crippen molar-refractivity contribution in [2.75, 3.05) is 26.5 Å². The van der Waals surface area contributed by atoms with Gasteiger partial charge in [0, 0.05) is 6.54 Å². The van der Waals surface area contributed by atoms with Crippen LogP contribution in [0.5, 0.6) is 11.5 Å². The third-order valence-corrected chi connectivity index (χ3v) is 5.75. The molecule has 0 aromatic heterocycles. The molecular weight excluding hydrogens is 418 g/mol. The lowest BCUT2D eigenvalue weighted by atomic mass is 9.99. The first-order valence-electron chi connectivity index (χ1n) is 10.1. The van der Waals surface area contributed by atoms with Crippen molar-refractivity contribution in [1.29, 1.82) is 0 Å². The molecule has 8 nitrogen and oxygen atoms in total. The highest BCUT2D eigenvalue weighted by Crippen LogP contribution is 2.32. The molecular formula is C22H29N3O5S. The van der Waals surface area contributed by atoms with E-state index in [2.05, 4.69) is 10.0 Å². The molecule has 1 unspecified atom stereocenters. The number of ether oxygens (including phenoxy) is 2. The zero-order valence-electron chi connectivity index (χ0n) is 18.2. The van der Waals surface area contributed by atoms with Crippen molar-refractivity contribution in [2.45, 2.75) is 32.0 Å². The molecule has 1 atom stereocenters. The fourth-order valence-corrected chi connectivity index (χ4v) is 4.60. The van der Waals surface area contributed by atoms with E-state index in [1.807, 2.05) is 38.1 Å². The lowest BCUT2D eigenvalue weighted by Crippen LogP contribution is -2.57. The van der Waals surface area contributed by atoms with E-state index >= 15 is 0 Å². The predicted octanol–water partition coefficient (Wildman–Crippen LogP) is 2.45. The lowest BCUT2D eigenvalue weighted by Gasteiger charge is -2.37. The van der Waals surface area contributed by atoms with Gasteiger partial charge < -0.3 is 14.8 Å². The van der Waals surface area contributed by atoms with Crippen molar-refractivity contribution in [1.82, 2.24) is 14.9 Å². The number of nitrogens with one attached hydrogen (secondary N) is 2. The number of amides is 2. The maximum Gasteiger partial charge on any atom is 0.319 e. The largest absolute Gasteiger partial charge is 0.497 e. The number of nitrogens with zero attached hydrogens (tertiary/aromatic N) is 1. The molecule has 0 bridgehead atoms. The number of rotatable bonds is 9. The van der Waals surface area contributed by atoms with E-state index in [0.717, 1.165) is 17.6 Å². The van der Waals surface area contributed by atoms with E-state index in [1.165, 1.54) is 4.90 Å². The normalized spacial score (nSPS) is 18.9. The van der Waals surface area contributed by atoms with Gasteiger partial charge in [-0.3, -0.25) is 4.90 Å². The summed E-state index contributed by atoms with van der Waals surface area (Å²) in [6.07, 6.45) is 1.67. The van der Waals surface area contributed by atoms with Crippen LogP contribution in [-0.2, 0) is 22.1 Å². The second kappa shape index (κ2) is 9.15. The summed E-state index contributed by atoms with van der Waals surface area (Å²) in [5.74, 6) is 1.43. The average molecular weight is 448 g/mol. The van der Waals surface area contributed by atoms with Crippen LogP contribution in [0.4, 0.5) is 4.79 Å². The molecule has 2 amide bonds. The highest BCUT2D eigenvalue weighted by atomic mass is 32.2. The van der Waals surface area contributed by atoms with Crippen LogP contribution in [0.1, 0.15) is 25.0 Å². The topological polar surface area (TPSA) is 97.0 Å². The number of methoxy groups -OCH3 is 1. The Morgan fingerprint density at radius 2 is 1.71 bits per heavy atom. The fourth-order valence-electron chi connectivity index (χ4n) is 3.69. The molecule has 168 valence electrons. The SMILES string of the molecule is COc1ccc(CCN2C(=O)NCC2(NS(C)(=O)=O)c2ccc(OC(C)C)cc2)cc1. The molecule has 3 rings (SSSR count). The van der Waals surface area contributed by atoms with Crippen LogP contribution in [0.2, 0.25) is 0 Å². The predicted molar refractivity (Wildman–Crippen MR) is 119 cm³/mol. The summed E-state index contributed by atoms with van der Waals surface area (Å²) in [5.41, 5.74) is 0.435. The Kier molecular flexibility index (Phi) is 6.76. The first kappa shape index (κ1) is 22.9. The van der Waals surface area contributed by atoms with Crippen molar-refractivity contribution in [3.05, 3.63) is 59.7 Å². The minimum absolute atomic E-state index is 0.0182. The standard InChI is InChI=1S/C22H29N3O5S/c1-16(2)30-20-11-7-18(8-12-20)22(24-31(4,27)28)15-23-21(26)25(22)14-13-17-5-9-19(29-3)10-6-17/h5-12,16,24H,13-15H2,1-4H3,(H,23,26). The molecule has 0 spiro atoms. The van der Waals surface area contributed by atoms with Crippen LogP contribution in [0, 0.1) is 0 Å². The number of carbonyl (C=O) groups excluding carboxylic acids is 1. The zero-order chi connectivity index (χ0) is 22.6. The maximum absolute atomic E-state index is 12.7. The molecule has 1 aliphatic rings. The van der Waals surface area contributed by atoms with Crippen LogP contribution in [0.25, 0.3) is 0 Å². The molecule has 0 aliphatic carbocycles. The van der Waals surface area contributed by atoms with Gasteiger partial charge in [0.05, 0.1) is 26.0 Å². The summed E-state index contributed by atoms with van der Waals surface area (Å²) in [6.45, 7) is 4.30. The summed E-state index contributed by atoms with van der Waals surface area (Å²) < 4.78 is 38.1. The lowest BCUT2D eigenvalue weighted by molar-refractivity contribution is 0.147. The summed E-state index contributed by atoms with van der Waals surface area (Å²) in [4.78, 5) is 14.3. The van der Waals surface area contributed by atoms with Gasteiger partial charge in [-0.05, 0) is 55.7 Å². The van der Waals surface area contributed by atoms with Gasteiger partial charge in [-0.1, -0.05) is 24.3 Å². The summed E-state index contributed by atoms with van der Waals surface area (Å²) in [7, 11) is -2.02. The van der Waals surface area contributed by atoms with Gasteiger partial charge in [-0.25, -0.2) is 13.2 Å². The quantitative estimate of drug-likeness (QED) is 0.616. The third-order valence-electron chi connectivity index (χ3n) is 5.04. The molecule has 2 aromatic rings. The van der Waals surface area contributed by atoms with E-state index in [1.54, 1.807) is 31.4 Å². The van der Waals surface area contributed by atoms with E-state index in [0.29, 0.717) is 24.3 Å². The van der Waals surface area contributed by atoms with Gasteiger partial charge >= 0.3 is 6.03 Å². The summed E-state index contributed by atoms with van der Waals surface area (Å²) in [5, 5.41) is 2.79. The number of carbonyl (C=O) groups is 1. The van der Waals surface area contributed by atoms with Gasteiger partial charge in [0.1, 0.15) is 11.5 Å². The van der Waals surface area contributed by atoms with Crippen LogP contribution in [0.15, 0.2) is 48.5 Å². The van der Waals surface area contributed by atoms with Gasteiger partial charge in [0.2, 0.25) is 10.0 Å². The smallest absolute Gasteiger partial charge is 0.319 e. The highest BCUT2D eigenvalue weighted by Gasteiger charge is 2.48. The average Bonchev–Trinajstić information content (AvgIpc) is 3.01. The Morgan fingerprint density at radius 3 is 2.26 bits per heavy atom. The molecule has 2 N–H and O–H groups in total. The third kappa shape index (κ3) is 5.48. The monoisotopic (exact) mass is 447 g/mol. The molecule has 1 saturated heterocycles. The van der Waals surface area contributed by atoms with Gasteiger partial charge in [-0.15, -0.1) is 0 Å². The minimum atomic E-state index is -3.62. The molecule has 0 radical (unpaired) electrons. The van der Waals surface area contributed by atoms with Crippen LogP contribution >= 0.6 is 0 Å². The second-order valence-corrected chi connectivity index (χ2v) is 9.58. The Balaban J connectivity index is 1.91. The zero-order valence-corrected chi connectivity index (χ0v) is 19.0. The first-order valence-corrected chi connectivity index (χ1v) is 12.0. The molecule has 1 heterocycles. The van der Waals surface area contributed by atoms with Crippen molar-refractivity contribution in [3.8, 4) is 11.5 Å². The second-order valence-electron chi connectivity index (χ2n) is 7.83. The van der Waals surface area contributed by atoms with Crippen molar-refractivity contribution >= 4 is 16.1 Å². The maximum atomic E-state index is 12.7. The van der Waals surface area contributed by atoms with E-state index in [9.17, 15) is 13.2 Å². The Labute approximate surface area is 183 Å². The molecule has 31 heavy (non-hydrogen) atoms. The number of benzene rings is 2.